The summed E-state index contributed by atoms with van der Waals surface area (Å²) in [6.45, 7) is 3.25. The molecule has 12 heavy (non-hydrogen) atoms. The van der Waals surface area contributed by atoms with E-state index in [0.717, 1.165) is 18.7 Å². The molecule has 1 aliphatic rings. The first kappa shape index (κ1) is 9.36. The van der Waals surface area contributed by atoms with Crippen LogP contribution in [0.1, 0.15) is 13.3 Å². The van der Waals surface area contributed by atoms with E-state index in [2.05, 4.69) is 11.9 Å². The number of aliphatic imine (C=N–C) groups is 1. The molecule has 0 radical (unpaired) electrons. The molecule has 0 saturated carbocycles. The lowest BCUT2D eigenvalue weighted by Crippen LogP contribution is -2.18. The Bertz CT molecular complexity index is 209. The lowest BCUT2D eigenvalue weighted by molar-refractivity contribution is -0.491. The second-order valence-corrected chi connectivity index (χ2v) is 3.29. The highest BCUT2D eigenvalue weighted by Gasteiger charge is 2.16. The molecule has 0 unspecified atom stereocenters. The average molecular weight is 171 g/mol. The maximum Gasteiger partial charge on any atom is 0.184 e. The van der Waals surface area contributed by atoms with Gasteiger partial charge in [0.25, 0.3) is 0 Å². The fraction of sp³-hybridized carbons (Fsp3) is 0.778. The Morgan fingerprint density at radius 3 is 3.00 bits per heavy atom. The summed E-state index contributed by atoms with van der Waals surface area (Å²) >= 11 is 0. The van der Waals surface area contributed by atoms with Crippen LogP contribution in [0.25, 0.3) is 0 Å². The SMILES string of the molecule is C[C@H]1CCN=C1C=[N+](C)CCF. The van der Waals surface area contributed by atoms with E-state index in [1.165, 1.54) is 0 Å². The van der Waals surface area contributed by atoms with Crippen molar-refractivity contribution in [1.29, 1.82) is 0 Å². The lowest BCUT2D eigenvalue weighted by Gasteiger charge is -1.98. The van der Waals surface area contributed by atoms with Crippen LogP contribution in [-0.2, 0) is 0 Å². The molecule has 0 bridgehead atoms. The van der Waals surface area contributed by atoms with E-state index < -0.39 is 0 Å². The molecule has 0 N–H and O–H groups in total. The molecule has 0 aliphatic carbocycles. The third-order valence-electron chi connectivity index (χ3n) is 2.15. The zero-order chi connectivity index (χ0) is 8.97. The summed E-state index contributed by atoms with van der Waals surface area (Å²) in [7, 11) is 1.88. The molecule has 1 rings (SSSR count). The number of hydrogen-bond acceptors (Lipinski definition) is 1. The van der Waals surface area contributed by atoms with Gasteiger partial charge in [-0.2, -0.15) is 0 Å². The van der Waals surface area contributed by atoms with Crippen LogP contribution in [-0.4, -0.2) is 43.3 Å². The highest BCUT2D eigenvalue weighted by atomic mass is 19.1. The number of nitrogens with zero attached hydrogens (tertiary/aromatic N) is 2. The van der Waals surface area contributed by atoms with Crippen molar-refractivity contribution in [3.63, 3.8) is 0 Å². The Labute approximate surface area is 72.8 Å². The Morgan fingerprint density at radius 1 is 1.75 bits per heavy atom. The second-order valence-electron chi connectivity index (χ2n) is 3.29. The van der Waals surface area contributed by atoms with E-state index >= 15 is 0 Å². The van der Waals surface area contributed by atoms with Crippen LogP contribution in [0.5, 0.6) is 0 Å². The smallest absolute Gasteiger partial charge is 0.184 e. The summed E-state index contributed by atoms with van der Waals surface area (Å²) in [6, 6.07) is 0. The van der Waals surface area contributed by atoms with E-state index in [4.69, 9.17) is 0 Å². The van der Waals surface area contributed by atoms with Crippen molar-refractivity contribution in [2.24, 2.45) is 10.9 Å². The molecule has 0 amide bonds. The molecule has 68 valence electrons. The van der Waals surface area contributed by atoms with E-state index in [1.807, 2.05) is 17.8 Å². The fourth-order valence-corrected chi connectivity index (χ4v) is 1.28. The molecule has 1 atom stereocenters. The molecular formula is C9H16FN2+. The third kappa shape index (κ3) is 2.40. The summed E-state index contributed by atoms with van der Waals surface area (Å²) in [6.07, 6.45) is 3.09. The molecule has 0 spiro atoms. The first-order valence-electron chi connectivity index (χ1n) is 4.39. The minimum absolute atomic E-state index is 0.297. The third-order valence-corrected chi connectivity index (χ3v) is 2.15. The largest absolute Gasteiger partial charge is 0.283 e. The molecule has 0 fully saturated rings. The molecule has 0 aromatic rings. The van der Waals surface area contributed by atoms with Crippen molar-refractivity contribution < 1.29 is 8.97 Å². The Balaban J connectivity index is 2.53. The van der Waals surface area contributed by atoms with Gasteiger partial charge >= 0.3 is 0 Å². The van der Waals surface area contributed by atoms with Gasteiger partial charge in [-0.25, -0.2) is 8.97 Å². The minimum Gasteiger partial charge on any atom is -0.283 e. The number of halogens is 1. The van der Waals surface area contributed by atoms with Gasteiger partial charge in [0.05, 0.1) is 0 Å². The van der Waals surface area contributed by atoms with Crippen molar-refractivity contribution >= 4 is 11.9 Å². The summed E-state index contributed by atoms with van der Waals surface area (Å²) in [5, 5.41) is 0. The zero-order valence-electron chi connectivity index (χ0n) is 7.76. The van der Waals surface area contributed by atoms with E-state index in [0.29, 0.717) is 12.5 Å². The average Bonchev–Trinajstić information content (AvgIpc) is 2.37. The minimum atomic E-state index is -0.297. The quantitative estimate of drug-likeness (QED) is 0.447. The van der Waals surface area contributed by atoms with Gasteiger partial charge in [-0.05, 0) is 6.42 Å². The monoisotopic (exact) mass is 171 g/mol. The van der Waals surface area contributed by atoms with Crippen LogP contribution < -0.4 is 0 Å². The van der Waals surface area contributed by atoms with Crippen LogP contribution in [0.3, 0.4) is 0 Å². The first-order chi connectivity index (χ1) is 5.74. The van der Waals surface area contributed by atoms with Gasteiger partial charge < -0.3 is 0 Å². The summed E-state index contributed by atoms with van der Waals surface area (Å²) in [4.78, 5) is 4.34. The molecule has 3 heteroatoms. The van der Waals surface area contributed by atoms with Crippen molar-refractivity contribution in [2.45, 2.75) is 13.3 Å². The Kier molecular flexibility index (Phi) is 3.38. The van der Waals surface area contributed by atoms with Crippen LogP contribution in [0.15, 0.2) is 4.99 Å². The topological polar surface area (TPSA) is 15.4 Å². The Morgan fingerprint density at radius 2 is 2.50 bits per heavy atom. The summed E-state index contributed by atoms with van der Waals surface area (Å²) in [5.41, 5.74) is 1.12. The van der Waals surface area contributed by atoms with Gasteiger partial charge in [-0.15, -0.1) is 0 Å². The van der Waals surface area contributed by atoms with Crippen LogP contribution >= 0.6 is 0 Å². The molecule has 2 nitrogen and oxygen atoms in total. The molecule has 0 aromatic heterocycles. The van der Waals surface area contributed by atoms with Crippen molar-refractivity contribution in [2.75, 3.05) is 26.8 Å². The first-order valence-corrected chi connectivity index (χ1v) is 4.39. The number of rotatable bonds is 3. The van der Waals surface area contributed by atoms with E-state index in [9.17, 15) is 4.39 Å². The van der Waals surface area contributed by atoms with Crippen molar-refractivity contribution in [3.8, 4) is 0 Å². The molecular weight excluding hydrogens is 155 g/mol. The predicted octanol–water partition coefficient (Wildman–Crippen LogP) is 1.15. The number of hydrogen-bond donors (Lipinski definition) is 0. The van der Waals surface area contributed by atoms with Gasteiger partial charge in [-0.3, -0.25) is 4.99 Å². The number of alkyl halides is 1. The summed E-state index contributed by atoms with van der Waals surface area (Å²) < 4.78 is 13.8. The maximum absolute atomic E-state index is 11.9. The molecule has 1 heterocycles. The van der Waals surface area contributed by atoms with E-state index in [1.54, 1.807) is 0 Å². The van der Waals surface area contributed by atoms with Gasteiger partial charge in [0.15, 0.2) is 12.8 Å². The Hall–Kier alpha value is -0.730. The fourth-order valence-electron chi connectivity index (χ4n) is 1.28. The second kappa shape index (κ2) is 4.33. The molecule has 0 saturated heterocycles. The van der Waals surface area contributed by atoms with Crippen molar-refractivity contribution in [3.05, 3.63) is 0 Å². The lowest BCUT2D eigenvalue weighted by atomic mass is 10.1. The van der Waals surface area contributed by atoms with Crippen LogP contribution in [0.2, 0.25) is 0 Å². The molecule has 0 aromatic carbocycles. The summed E-state index contributed by atoms with van der Waals surface area (Å²) in [5.74, 6) is 0.548. The van der Waals surface area contributed by atoms with E-state index in [-0.39, 0.29) is 6.67 Å². The normalized spacial score (nSPS) is 24.4. The highest BCUT2D eigenvalue weighted by Crippen LogP contribution is 2.10. The van der Waals surface area contributed by atoms with Gasteiger partial charge in [0, 0.05) is 12.5 Å². The highest BCUT2D eigenvalue weighted by molar-refractivity contribution is 6.30. The van der Waals surface area contributed by atoms with Gasteiger partial charge in [0.2, 0.25) is 0 Å². The maximum atomic E-state index is 11.9. The van der Waals surface area contributed by atoms with Crippen LogP contribution in [0.4, 0.5) is 4.39 Å². The van der Waals surface area contributed by atoms with Gasteiger partial charge in [-0.1, -0.05) is 6.92 Å². The van der Waals surface area contributed by atoms with Crippen LogP contribution in [0, 0.1) is 5.92 Å². The molecule has 1 aliphatic heterocycles. The predicted molar refractivity (Wildman–Crippen MR) is 49.2 cm³/mol. The standard InChI is InChI=1S/C9H16FN2/c1-8-3-5-11-9(8)7-12(2)6-4-10/h7-8H,3-6H2,1-2H3/q+1/t8-/m0/s1. The zero-order valence-corrected chi connectivity index (χ0v) is 7.76. The van der Waals surface area contributed by atoms with Crippen molar-refractivity contribution in [1.82, 2.24) is 0 Å². The van der Waals surface area contributed by atoms with Gasteiger partial charge in [0.1, 0.15) is 19.4 Å².